The van der Waals surface area contributed by atoms with E-state index in [1.807, 2.05) is 24.7 Å². The topological polar surface area (TPSA) is 90.7 Å². The summed E-state index contributed by atoms with van der Waals surface area (Å²) in [5, 5.41) is 16.8. The van der Waals surface area contributed by atoms with Gasteiger partial charge in [-0.05, 0) is 20.8 Å². The molecule has 24 heavy (non-hydrogen) atoms. The Bertz CT molecular complexity index is 642. The largest absolute Gasteiger partial charge is 0.391 e. The lowest BCUT2D eigenvalue weighted by Gasteiger charge is -2.45. The van der Waals surface area contributed by atoms with Crippen molar-refractivity contribution in [2.75, 3.05) is 19.6 Å². The molecule has 2 fully saturated rings. The molecule has 0 aliphatic carbocycles. The maximum Gasteiger partial charge on any atom is 0.248 e. The van der Waals surface area contributed by atoms with E-state index >= 15 is 0 Å². The molecule has 0 spiro atoms. The number of nitrogens with one attached hydrogen (secondary N) is 1. The lowest BCUT2D eigenvalue weighted by molar-refractivity contribution is -0.156. The SMILES string of the molecule is CCn1cc(CN2CCN3C(=O)[C@H]([C@@H](C)O)NC(=O)[C@H]3C2)c(C)n1. The van der Waals surface area contributed by atoms with Crippen LogP contribution in [0.15, 0.2) is 6.20 Å². The van der Waals surface area contributed by atoms with Gasteiger partial charge in [0.15, 0.2) is 0 Å². The predicted molar refractivity (Wildman–Crippen MR) is 87.0 cm³/mol. The maximum absolute atomic E-state index is 12.4. The van der Waals surface area contributed by atoms with Crippen molar-refractivity contribution in [1.82, 2.24) is 24.9 Å². The fourth-order valence-corrected chi connectivity index (χ4v) is 3.41. The molecule has 8 heteroatoms. The highest BCUT2D eigenvalue weighted by Gasteiger charge is 2.44. The Morgan fingerprint density at radius 1 is 1.42 bits per heavy atom. The number of hydrogen-bond donors (Lipinski definition) is 2. The van der Waals surface area contributed by atoms with E-state index in [-0.39, 0.29) is 11.8 Å². The number of amides is 2. The van der Waals surface area contributed by atoms with Gasteiger partial charge in [-0.15, -0.1) is 0 Å². The van der Waals surface area contributed by atoms with Crippen LogP contribution in [-0.2, 0) is 22.7 Å². The molecule has 2 aliphatic rings. The third kappa shape index (κ3) is 3.03. The fraction of sp³-hybridized carbons (Fsp3) is 0.688. The summed E-state index contributed by atoms with van der Waals surface area (Å²) in [6.45, 7) is 8.81. The van der Waals surface area contributed by atoms with Crippen LogP contribution in [0.5, 0.6) is 0 Å². The first-order valence-corrected chi connectivity index (χ1v) is 8.45. The Balaban J connectivity index is 1.69. The molecule has 3 rings (SSSR count). The number of nitrogens with zero attached hydrogens (tertiary/aromatic N) is 4. The molecule has 3 heterocycles. The highest BCUT2D eigenvalue weighted by molar-refractivity contribution is 5.97. The van der Waals surface area contributed by atoms with Gasteiger partial charge in [0.25, 0.3) is 0 Å². The molecule has 2 amide bonds. The van der Waals surface area contributed by atoms with Crippen molar-refractivity contribution in [1.29, 1.82) is 0 Å². The molecule has 2 saturated heterocycles. The van der Waals surface area contributed by atoms with Gasteiger partial charge in [-0.3, -0.25) is 19.2 Å². The zero-order chi connectivity index (χ0) is 17.4. The van der Waals surface area contributed by atoms with Crippen molar-refractivity contribution in [3.63, 3.8) is 0 Å². The zero-order valence-corrected chi connectivity index (χ0v) is 14.4. The van der Waals surface area contributed by atoms with Crippen molar-refractivity contribution in [2.45, 2.75) is 52.0 Å². The summed E-state index contributed by atoms with van der Waals surface area (Å²) < 4.78 is 1.91. The lowest BCUT2D eigenvalue weighted by Crippen LogP contribution is -2.70. The van der Waals surface area contributed by atoms with Crippen molar-refractivity contribution < 1.29 is 14.7 Å². The van der Waals surface area contributed by atoms with Crippen molar-refractivity contribution in [2.24, 2.45) is 0 Å². The number of aliphatic hydroxyl groups excluding tert-OH is 1. The molecule has 0 aromatic carbocycles. The second-order valence-electron chi connectivity index (χ2n) is 6.60. The van der Waals surface area contributed by atoms with Crippen molar-refractivity contribution in [3.8, 4) is 0 Å². The number of fused-ring (bicyclic) bond motifs is 1. The third-order valence-corrected chi connectivity index (χ3v) is 4.86. The minimum atomic E-state index is -0.886. The summed E-state index contributed by atoms with van der Waals surface area (Å²) in [6, 6.07) is -1.31. The Morgan fingerprint density at radius 2 is 2.17 bits per heavy atom. The normalized spacial score (nSPS) is 26.2. The fourth-order valence-electron chi connectivity index (χ4n) is 3.41. The first-order valence-electron chi connectivity index (χ1n) is 8.45. The summed E-state index contributed by atoms with van der Waals surface area (Å²) in [5.41, 5.74) is 2.15. The number of carbonyl (C=O) groups is 2. The van der Waals surface area contributed by atoms with Crippen LogP contribution in [-0.4, -0.2) is 74.3 Å². The van der Waals surface area contributed by atoms with E-state index in [4.69, 9.17) is 0 Å². The summed E-state index contributed by atoms with van der Waals surface area (Å²) >= 11 is 0. The number of aromatic nitrogens is 2. The Labute approximate surface area is 141 Å². The van der Waals surface area contributed by atoms with E-state index in [9.17, 15) is 14.7 Å². The van der Waals surface area contributed by atoms with Crippen LogP contribution < -0.4 is 5.32 Å². The lowest BCUT2D eigenvalue weighted by atomic mass is 10.0. The first-order chi connectivity index (χ1) is 11.4. The van der Waals surface area contributed by atoms with Crippen LogP contribution in [0.2, 0.25) is 0 Å². The molecule has 8 nitrogen and oxygen atoms in total. The molecule has 0 saturated carbocycles. The Hall–Kier alpha value is -1.93. The van der Waals surface area contributed by atoms with E-state index in [0.29, 0.717) is 19.6 Å². The van der Waals surface area contributed by atoms with E-state index in [1.54, 1.807) is 4.90 Å². The summed E-state index contributed by atoms with van der Waals surface area (Å²) in [6.07, 6.45) is 1.15. The van der Waals surface area contributed by atoms with Crippen LogP contribution in [0.1, 0.15) is 25.1 Å². The molecule has 1 aromatic rings. The van der Waals surface area contributed by atoms with E-state index < -0.39 is 18.2 Å². The summed E-state index contributed by atoms with van der Waals surface area (Å²) in [7, 11) is 0. The maximum atomic E-state index is 12.4. The molecule has 0 radical (unpaired) electrons. The van der Waals surface area contributed by atoms with Gasteiger partial charge in [0.1, 0.15) is 12.1 Å². The average molecular weight is 335 g/mol. The Morgan fingerprint density at radius 3 is 2.79 bits per heavy atom. The van der Waals surface area contributed by atoms with Crippen molar-refractivity contribution in [3.05, 3.63) is 17.5 Å². The van der Waals surface area contributed by atoms with Gasteiger partial charge in [0, 0.05) is 44.5 Å². The van der Waals surface area contributed by atoms with E-state index in [0.717, 1.165) is 24.3 Å². The smallest absolute Gasteiger partial charge is 0.248 e. The number of rotatable bonds is 4. The number of carbonyl (C=O) groups excluding carboxylic acids is 2. The molecule has 1 aromatic heterocycles. The second kappa shape index (κ2) is 6.52. The van der Waals surface area contributed by atoms with Gasteiger partial charge in [0.2, 0.25) is 11.8 Å². The average Bonchev–Trinajstić information content (AvgIpc) is 2.90. The zero-order valence-electron chi connectivity index (χ0n) is 14.4. The van der Waals surface area contributed by atoms with Crippen LogP contribution in [0.4, 0.5) is 0 Å². The highest BCUT2D eigenvalue weighted by Crippen LogP contribution is 2.20. The molecule has 0 bridgehead atoms. The van der Waals surface area contributed by atoms with Crippen LogP contribution in [0, 0.1) is 6.92 Å². The van der Waals surface area contributed by atoms with Crippen molar-refractivity contribution >= 4 is 11.8 Å². The van der Waals surface area contributed by atoms with Gasteiger partial charge in [-0.25, -0.2) is 0 Å². The molecule has 3 atom stereocenters. The standard InChI is InChI=1S/C16H25N5O3/c1-4-20-8-12(10(2)18-20)7-19-5-6-21-13(9-19)15(23)17-14(11(3)22)16(21)24/h8,11,13-14,22H,4-7,9H2,1-3H3,(H,17,23)/t11-,13-,14+/m1/s1. The molecule has 132 valence electrons. The predicted octanol–water partition coefficient (Wildman–Crippen LogP) is -0.897. The van der Waals surface area contributed by atoms with E-state index in [1.165, 1.54) is 6.92 Å². The van der Waals surface area contributed by atoms with Gasteiger partial charge < -0.3 is 15.3 Å². The molecular formula is C16H25N5O3. The quantitative estimate of drug-likeness (QED) is 0.744. The third-order valence-electron chi connectivity index (χ3n) is 4.86. The molecule has 0 unspecified atom stereocenters. The monoisotopic (exact) mass is 335 g/mol. The number of aryl methyl sites for hydroxylation is 2. The van der Waals surface area contributed by atoms with Crippen LogP contribution in [0.3, 0.4) is 0 Å². The molecule has 2 N–H and O–H groups in total. The Kier molecular flexibility index (Phi) is 4.60. The van der Waals surface area contributed by atoms with Gasteiger partial charge in [-0.1, -0.05) is 0 Å². The number of hydrogen-bond acceptors (Lipinski definition) is 5. The van der Waals surface area contributed by atoms with Crippen LogP contribution in [0.25, 0.3) is 0 Å². The summed E-state index contributed by atoms with van der Waals surface area (Å²) in [4.78, 5) is 28.6. The second-order valence-corrected chi connectivity index (χ2v) is 6.60. The van der Waals surface area contributed by atoms with Gasteiger partial charge in [0.05, 0.1) is 11.8 Å². The van der Waals surface area contributed by atoms with Crippen LogP contribution >= 0.6 is 0 Å². The minimum Gasteiger partial charge on any atom is -0.391 e. The minimum absolute atomic E-state index is 0.189. The molecule has 2 aliphatic heterocycles. The van der Waals surface area contributed by atoms with E-state index in [2.05, 4.69) is 15.3 Å². The number of aliphatic hydroxyl groups is 1. The highest BCUT2D eigenvalue weighted by atomic mass is 16.3. The number of piperazine rings is 2. The molecular weight excluding hydrogens is 310 g/mol. The van der Waals surface area contributed by atoms with Gasteiger partial charge >= 0.3 is 0 Å². The summed E-state index contributed by atoms with van der Waals surface area (Å²) in [5.74, 6) is -0.379. The van der Waals surface area contributed by atoms with Gasteiger partial charge in [-0.2, -0.15) is 5.10 Å². The first kappa shape index (κ1) is 16.9.